The van der Waals surface area contributed by atoms with Crippen LogP contribution in [0.4, 0.5) is 0 Å². The largest absolute Gasteiger partial charge is 0.382 e. The number of aliphatic imine (C=N–C) groups is 1. The van der Waals surface area contributed by atoms with Crippen molar-refractivity contribution in [2.45, 2.75) is 33.2 Å². The van der Waals surface area contributed by atoms with Gasteiger partial charge >= 0.3 is 0 Å². The molecule has 0 spiro atoms. The molecule has 1 aromatic carbocycles. The molecule has 24 heavy (non-hydrogen) atoms. The van der Waals surface area contributed by atoms with Crippen LogP contribution in [0.1, 0.15) is 32.4 Å². The van der Waals surface area contributed by atoms with Gasteiger partial charge in [0.05, 0.1) is 6.54 Å². The van der Waals surface area contributed by atoms with Crippen LogP contribution in [-0.4, -0.2) is 37.2 Å². The number of halogens is 1. The molecular weight excluding hydrogens is 415 g/mol. The Hall–Kier alpha value is -1.28. The van der Waals surface area contributed by atoms with Gasteiger partial charge in [0.25, 0.3) is 0 Å². The second-order valence-corrected chi connectivity index (χ2v) is 5.41. The molecule has 0 unspecified atom stereocenters. The quantitative estimate of drug-likeness (QED) is 0.240. The number of hydrogen-bond acceptors (Lipinski definition) is 2. The molecule has 2 rings (SSSR count). The molecular formula is C18H29IN4O. The highest BCUT2D eigenvalue weighted by Crippen LogP contribution is 2.14. The minimum Gasteiger partial charge on any atom is -0.382 e. The molecule has 0 radical (unpaired) electrons. The number of nitrogens with one attached hydrogen (secondary N) is 3. The summed E-state index contributed by atoms with van der Waals surface area (Å²) < 4.78 is 5.34. The maximum absolute atomic E-state index is 5.34. The molecule has 3 N–H and O–H groups in total. The lowest BCUT2D eigenvalue weighted by molar-refractivity contribution is 0.143. The summed E-state index contributed by atoms with van der Waals surface area (Å²) in [5.41, 5.74) is 2.28. The Labute approximate surface area is 161 Å². The van der Waals surface area contributed by atoms with Crippen LogP contribution in [-0.2, 0) is 11.3 Å². The summed E-state index contributed by atoms with van der Waals surface area (Å²) in [5, 5.41) is 7.88. The summed E-state index contributed by atoms with van der Waals surface area (Å²) >= 11 is 0. The second-order valence-electron chi connectivity index (χ2n) is 5.41. The van der Waals surface area contributed by atoms with Crippen molar-refractivity contribution in [1.82, 2.24) is 15.6 Å². The number of fused-ring (bicyclic) bond motifs is 1. The molecule has 0 saturated carbocycles. The molecule has 0 bridgehead atoms. The van der Waals surface area contributed by atoms with Crippen LogP contribution in [0, 0.1) is 0 Å². The zero-order chi connectivity index (χ0) is 16.3. The molecule has 2 aromatic rings. The van der Waals surface area contributed by atoms with Crippen molar-refractivity contribution in [2.24, 2.45) is 4.99 Å². The van der Waals surface area contributed by atoms with E-state index in [2.05, 4.69) is 51.8 Å². The molecule has 0 atom stereocenters. The molecule has 5 nitrogen and oxygen atoms in total. The number of unbranched alkanes of at least 4 members (excludes halogenated alkanes) is 1. The average molecular weight is 444 g/mol. The Bertz CT molecular complexity index is 579. The zero-order valence-electron chi connectivity index (χ0n) is 14.6. The van der Waals surface area contributed by atoms with Crippen molar-refractivity contribution < 1.29 is 4.74 Å². The van der Waals surface area contributed by atoms with E-state index in [-0.39, 0.29) is 24.0 Å². The van der Waals surface area contributed by atoms with Gasteiger partial charge in [-0.2, -0.15) is 0 Å². The van der Waals surface area contributed by atoms with Crippen LogP contribution in [0.25, 0.3) is 10.9 Å². The van der Waals surface area contributed by atoms with Crippen molar-refractivity contribution >= 4 is 40.8 Å². The lowest BCUT2D eigenvalue weighted by Crippen LogP contribution is -2.37. The van der Waals surface area contributed by atoms with Crippen LogP contribution in [0.5, 0.6) is 0 Å². The summed E-state index contributed by atoms with van der Waals surface area (Å²) in [6.45, 7) is 8.14. The minimum absolute atomic E-state index is 0. The van der Waals surface area contributed by atoms with E-state index < -0.39 is 0 Å². The van der Waals surface area contributed by atoms with E-state index in [9.17, 15) is 0 Å². The first-order valence-corrected chi connectivity index (χ1v) is 8.50. The molecule has 1 aromatic heterocycles. The van der Waals surface area contributed by atoms with Gasteiger partial charge in [0, 0.05) is 37.5 Å². The number of H-pyrrole nitrogens is 1. The third-order valence-corrected chi connectivity index (χ3v) is 3.55. The summed E-state index contributed by atoms with van der Waals surface area (Å²) in [4.78, 5) is 8.05. The summed E-state index contributed by atoms with van der Waals surface area (Å²) in [6.07, 6.45) is 2.15. The standard InChI is InChI=1S/C18H28N4O.HI/c1-3-19-18(20-11-7-8-12-23-4-2)21-14-16-13-15-9-5-6-10-17(15)22-16;/h5-6,9-10,13,22H,3-4,7-8,11-12,14H2,1-2H3,(H2,19,20,21);1H. The van der Waals surface area contributed by atoms with Gasteiger partial charge in [0.1, 0.15) is 0 Å². The maximum Gasteiger partial charge on any atom is 0.191 e. The van der Waals surface area contributed by atoms with Gasteiger partial charge in [-0.1, -0.05) is 18.2 Å². The predicted molar refractivity (Wildman–Crippen MR) is 112 cm³/mol. The monoisotopic (exact) mass is 444 g/mol. The molecule has 0 aliphatic rings. The van der Waals surface area contributed by atoms with Gasteiger partial charge in [0.2, 0.25) is 0 Å². The van der Waals surface area contributed by atoms with Crippen LogP contribution < -0.4 is 10.6 Å². The summed E-state index contributed by atoms with van der Waals surface area (Å²) in [7, 11) is 0. The number of ether oxygens (including phenoxy) is 1. The highest BCUT2D eigenvalue weighted by Gasteiger charge is 2.01. The van der Waals surface area contributed by atoms with Crippen LogP contribution >= 0.6 is 24.0 Å². The minimum atomic E-state index is 0. The molecule has 0 amide bonds. The number of guanidine groups is 1. The van der Waals surface area contributed by atoms with Gasteiger partial charge in [-0.05, 0) is 44.2 Å². The van der Waals surface area contributed by atoms with Crippen molar-refractivity contribution in [3.8, 4) is 0 Å². The predicted octanol–water partition coefficient (Wildman–Crippen LogP) is 3.66. The van der Waals surface area contributed by atoms with Gasteiger partial charge < -0.3 is 20.4 Å². The summed E-state index contributed by atoms with van der Waals surface area (Å²) in [6, 6.07) is 10.5. The van der Waals surface area contributed by atoms with Crippen molar-refractivity contribution in [1.29, 1.82) is 0 Å². The normalized spacial score (nSPS) is 11.3. The SMILES string of the molecule is CCNC(=NCc1cc2ccccc2[nH]1)NCCCCOCC.I. The highest BCUT2D eigenvalue weighted by molar-refractivity contribution is 14.0. The number of rotatable bonds is 9. The van der Waals surface area contributed by atoms with Crippen LogP contribution in [0.3, 0.4) is 0 Å². The van der Waals surface area contributed by atoms with Crippen molar-refractivity contribution in [2.75, 3.05) is 26.3 Å². The molecule has 0 fully saturated rings. The lowest BCUT2D eigenvalue weighted by atomic mass is 10.2. The van der Waals surface area contributed by atoms with E-state index in [1.54, 1.807) is 0 Å². The Morgan fingerprint density at radius 2 is 2.00 bits per heavy atom. The number of aromatic amines is 1. The van der Waals surface area contributed by atoms with E-state index >= 15 is 0 Å². The Morgan fingerprint density at radius 1 is 1.17 bits per heavy atom. The van der Waals surface area contributed by atoms with E-state index in [4.69, 9.17) is 4.74 Å². The van der Waals surface area contributed by atoms with E-state index in [1.807, 2.05) is 13.0 Å². The average Bonchev–Trinajstić information content (AvgIpc) is 2.98. The van der Waals surface area contributed by atoms with Crippen molar-refractivity contribution in [3.63, 3.8) is 0 Å². The number of benzene rings is 1. The number of nitrogens with zero attached hydrogens (tertiary/aromatic N) is 1. The number of hydrogen-bond donors (Lipinski definition) is 3. The Balaban J connectivity index is 0.00000288. The molecule has 0 aliphatic carbocycles. The third kappa shape index (κ3) is 7.09. The van der Waals surface area contributed by atoms with Gasteiger partial charge in [-0.25, -0.2) is 4.99 Å². The fourth-order valence-electron chi connectivity index (χ4n) is 2.40. The van der Waals surface area contributed by atoms with E-state index in [1.165, 1.54) is 5.39 Å². The van der Waals surface area contributed by atoms with E-state index in [0.717, 1.165) is 56.3 Å². The van der Waals surface area contributed by atoms with Gasteiger partial charge in [-0.3, -0.25) is 0 Å². The fourth-order valence-corrected chi connectivity index (χ4v) is 2.40. The van der Waals surface area contributed by atoms with Crippen LogP contribution in [0.15, 0.2) is 35.3 Å². The topological polar surface area (TPSA) is 61.4 Å². The lowest BCUT2D eigenvalue weighted by Gasteiger charge is -2.11. The third-order valence-electron chi connectivity index (χ3n) is 3.55. The molecule has 6 heteroatoms. The number of aromatic nitrogens is 1. The van der Waals surface area contributed by atoms with Crippen LogP contribution in [0.2, 0.25) is 0 Å². The maximum atomic E-state index is 5.34. The molecule has 1 heterocycles. The van der Waals surface area contributed by atoms with E-state index in [0.29, 0.717) is 6.54 Å². The fraction of sp³-hybridized carbons (Fsp3) is 0.500. The molecule has 134 valence electrons. The van der Waals surface area contributed by atoms with Crippen molar-refractivity contribution in [3.05, 3.63) is 36.0 Å². The first kappa shape index (κ1) is 20.8. The zero-order valence-corrected chi connectivity index (χ0v) is 16.9. The Kier molecular flexibility index (Phi) is 10.5. The molecule has 0 aliphatic heterocycles. The Morgan fingerprint density at radius 3 is 2.75 bits per heavy atom. The van der Waals surface area contributed by atoms with Gasteiger partial charge in [0.15, 0.2) is 5.96 Å². The van der Waals surface area contributed by atoms with Gasteiger partial charge in [-0.15, -0.1) is 24.0 Å². The second kappa shape index (κ2) is 12.1. The first-order chi connectivity index (χ1) is 11.3. The smallest absolute Gasteiger partial charge is 0.191 e. The number of para-hydroxylation sites is 1. The molecule has 0 saturated heterocycles. The highest BCUT2D eigenvalue weighted by atomic mass is 127. The first-order valence-electron chi connectivity index (χ1n) is 8.50. The summed E-state index contributed by atoms with van der Waals surface area (Å²) in [5.74, 6) is 0.863.